The number of halogens is 1. The van der Waals surface area contributed by atoms with Crippen molar-refractivity contribution < 1.29 is 19.0 Å². The van der Waals surface area contributed by atoms with Gasteiger partial charge in [-0.1, -0.05) is 23.7 Å². The quantitative estimate of drug-likeness (QED) is 0.716. The van der Waals surface area contributed by atoms with E-state index in [1.807, 2.05) is 19.9 Å². The molecule has 0 amide bonds. The third kappa shape index (κ3) is 4.88. The Labute approximate surface area is 151 Å². The fourth-order valence-corrected chi connectivity index (χ4v) is 2.35. The topological polar surface area (TPSA) is 68.5 Å². The summed E-state index contributed by atoms with van der Waals surface area (Å²) in [7, 11) is 1.48. The van der Waals surface area contributed by atoms with Crippen molar-refractivity contribution in [2.45, 2.75) is 26.6 Å². The number of carbonyl (C=O) groups is 1. The predicted molar refractivity (Wildman–Crippen MR) is 94.0 cm³/mol. The number of hydrogen-bond donors (Lipinski definition) is 0. The first-order chi connectivity index (χ1) is 11.9. The molecule has 130 valence electrons. The van der Waals surface area contributed by atoms with E-state index < -0.39 is 5.97 Å². The van der Waals surface area contributed by atoms with Gasteiger partial charge in [0.15, 0.2) is 11.5 Å². The van der Waals surface area contributed by atoms with Crippen LogP contribution in [0.1, 0.15) is 35.3 Å². The highest BCUT2D eigenvalue weighted by atomic mass is 35.5. The summed E-state index contributed by atoms with van der Waals surface area (Å²) in [6.45, 7) is 3.83. The highest BCUT2D eigenvalue weighted by Gasteiger charge is 2.17. The monoisotopic (exact) mass is 359 g/mol. The van der Waals surface area contributed by atoms with Crippen molar-refractivity contribution in [1.29, 1.82) is 5.26 Å². The maximum atomic E-state index is 12.3. The fraction of sp³-hybridized carbons (Fsp3) is 0.263. The number of carbonyl (C=O) groups excluding carboxylic acids is 1. The van der Waals surface area contributed by atoms with Gasteiger partial charge in [-0.05, 0) is 43.7 Å². The molecule has 0 saturated heterocycles. The molecular formula is C19H18ClNO4. The van der Waals surface area contributed by atoms with Crippen LogP contribution in [0.3, 0.4) is 0 Å². The molecule has 25 heavy (non-hydrogen) atoms. The summed E-state index contributed by atoms with van der Waals surface area (Å²) in [5, 5.41) is 9.05. The molecule has 0 radical (unpaired) electrons. The van der Waals surface area contributed by atoms with Crippen LogP contribution < -0.4 is 9.47 Å². The normalized spacial score (nSPS) is 10.2. The van der Waals surface area contributed by atoms with E-state index in [4.69, 9.17) is 31.1 Å². The van der Waals surface area contributed by atoms with Crippen molar-refractivity contribution in [3.63, 3.8) is 0 Å². The minimum absolute atomic E-state index is 0.0828. The molecule has 6 heteroatoms. The van der Waals surface area contributed by atoms with E-state index in [1.165, 1.54) is 19.2 Å². The van der Waals surface area contributed by atoms with Crippen LogP contribution in [0.2, 0.25) is 5.02 Å². The molecule has 0 aliphatic carbocycles. The van der Waals surface area contributed by atoms with Gasteiger partial charge in [-0.2, -0.15) is 5.26 Å². The average molecular weight is 360 g/mol. The van der Waals surface area contributed by atoms with E-state index in [0.717, 1.165) is 5.56 Å². The maximum Gasteiger partial charge on any atom is 0.338 e. The number of nitriles is 1. The molecule has 2 aromatic rings. The van der Waals surface area contributed by atoms with Gasteiger partial charge in [0.05, 0.1) is 35.4 Å². The summed E-state index contributed by atoms with van der Waals surface area (Å²) in [4.78, 5) is 12.3. The zero-order chi connectivity index (χ0) is 18.4. The van der Waals surface area contributed by atoms with Crippen LogP contribution in [0.15, 0.2) is 36.4 Å². The second kappa shape index (κ2) is 8.41. The van der Waals surface area contributed by atoms with Gasteiger partial charge in [-0.15, -0.1) is 0 Å². The SMILES string of the molecule is COc1cc(C(=O)OCc2ccc(C#N)cc2)cc(Cl)c1OC(C)C. The van der Waals surface area contributed by atoms with Crippen molar-refractivity contribution >= 4 is 17.6 Å². The minimum Gasteiger partial charge on any atom is -0.493 e. The molecule has 0 spiro atoms. The van der Waals surface area contributed by atoms with Crippen molar-refractivity contribution in [2.24, 2.45) is 0 Å². The Kier molecular flexibility index (Phi) is 6.26. The van der Waals surface area contributed by atoms with Gasteiger partial charge < -0.3 is 14.2 Å². The first-order valence-corrected chi connectivity index (χ1v) is 8.02. The van der Waals surface area contributed by atoms with Gasteiger partial charge in [-0.3, -0.25) is 0 Å². The molecule has 2 rings (SSSR count). The molecule has 0 atom stereocenters. The lowest BCUT2D eigenvalue weighted by Gasteiger charge is -2.16. The second-order valence-electron chi connectivity index (χ2n) is 5.54. The fourth-order valence-electron chi connectivity index (χ4n) is 2.10. The second-order valence-corrected chi connectivity index (χ2v) is 5.95. The van der Waals surface area contributed by atoms with Crippen molar-refractivity contribution in [1.82, 2.24) is 0 Å². The summed E-state index contributed by atoms with van der Waals surface area (Å²) in [6, 6.07) is 11.9. The van der Waals surface area contributed by atoms with Crippen LogP contribution in [-0.4, -0.2) is 19.2 Å². The average Bonchev–Trinajstić information content (AvgIpc) is 2.61. The smallest absolute Gasteiger partial charge is 0.338 e. The Morgan fingerprint density at radius 2 is 1.92 bits per heavy atom. The predicted octanol–water partition coefficient (Wildman–Crippen LogP) is 4.36. The lowest BCUT2D eigenvalue weighted by molar-refractivity contribution is 0.0472. The molecule has 0 N–H and O–H groups in total. The van der Waals surface area contributed by atoms with E-state index in [0.29, 0.717) is 17.1 Å². The number of benzene rings is 2. The lowest BCUT2D eigenvalue weighted by atomic mass is 10.1. The maximum absolute atomic E-state index is 12.3. The third-order valence-electron chi connectivity index (χ3n) is 3.27. The van der Waals surface area contributed by atoms with Crippen LogP contribution in [0.5, 0.6) is 11.5 Å². The van der Waals surface area contributed by atoms with Crippen molar-refractivity contribution in [3.05, 3.63) is 58.1 Å². The Hall–Kier alpha value is -2.71. The Balaban J connectivity index is 2.13. The molecule has 0 unspecified atom stereocenters. The molecule has 0 aliphatic heterocycles. The summed E-state index contributed by atoms with van der Waals surface area (Å²) in [5.41, 5.74) is 1.60. The largest absolute Gasteiger partial charge is 0.493 e. The van der Waals surface area contributed by atoms with Crippen LogP contribution in [0.4, 0.5) is 0 Å². The van der Waals surface area contributed by atoms with Gasteiger partial charge >= 0.3 is 5.97 Å². The van der Waals surface area contributed by atoms with Gasteiger partial charge in [-0.25, -0.2) is 4.79 Å². The number of esters is 1. The van der Waals surface area contributed by atoms with E-state index in [-0.39, 0.29) is 23.3 Å². The van der Waals surface area contributed by atoms with E-state index in [1.54, 1.807) is 24.3 Å². The number of hydrogen-bond acceptors (Lipinski definition) is 5. The first kappa shape index (κ1) is 18.6. The van der Waals surface area contributed by atoms with Gasteiger partial charge in [0.25, 0.3) is 0 Å². The van der Waals surface area contributed by atoms with Gasteiger partial charge in [0.2, 0.25) is 0 Å². The van der Waals surface area contributed by atoms with E-state index in [9.17, 15) is 4.79 Å². The molecular weight excluding hydrogens is 342 g/mol. The Bertz CT molecular complexity index is 794. The zero-order valence-corrected chi connectivity index (χ0v) is 15.0. The van der Waals surface area contributed by atoms with E-state index in [2.05, 4.69) is 0 Å². The minimum atomic E-state index is -0.527. The standard InChI is InChI=1S/C19H18ClNO4/c1-12(2)25-18-16(20)8-15(9-17(18)23-3)19(22)24-11-14-6-4-13(10-21)5-7-14/h4-9,12H,11H2,1-3H3. The van der Waals surface area contributed by atoms with E-state index >= 15 is 0 Å². The van der Waals surface area contributed by atoms with Crippen LogP contribution in [0.25, 0.3) is 0 Å². The first-order valence-electron chi connectivity index (χ1n) is 7.65. The Morgan fingerprint density at radius 1 is 1.24 bits per heavy atom. The molecule has 0 aromatic heterocycles. The molecule has 0 aliphatic rings. The zero-order valence-electron chi connectivity index (χ0n) is 14.2. The van der Waals surface area contributed by atoms with Gasteiger partial charge in [0.1, 0.15) is 6.61 Å². The molecule has 0 bridgehead atoms. The molecule has 0 saturated carbocycles. The van der Waals surface area contributed by atoms with Crippen LogP contribution in [0, 0.1) is 11.3 Å². The molecule has 2 aromatic carbocycles. The number of ether oxygens (including phenoxy) is 3. The third-order valence-corrected chi connectivity index (χ3v) is 3.55. The van der Waals surface area contributed by atoms with Crippen LogP contribution >= 0.6 is 11.6 Å². The number of methoxy groups -OCH3 is 1. The summed E-state index contributed by atoms with van der Waals surface area (Å²) in [6.07, 6.45) is -0.0828. The highest BCUT2D eigenvalue weighted by molar-refractivity contribution is 6.32. The summed E-state index contributed by atoms with van der Waals surface area (Å²) < 4.78 is 16.2. The highest BCUT2D eigenvalue weighted by Crippen LogP contribution is 2.37. The lowest BCUT2D eigenvalue weighted by Crippen LogP contribution is -2.09. The molecule has 0 fully saturated rings. The number of rotatable bonds is 6. The van der Waals surface area contributed by atoms with Crippen LogP contribution in [-0.2, 0) is 11.3 Å². The summed E-state index contributed by atoms with van der Waals surface area (Å²) in [5.74, 6) is 0.231. The summed E-state index contributed by atoms with van der Waals surface area (Å²) >= 11 is 6.21. The van der Waals surface area contributed by atoms with Gasteiger partial charge in [0, 0.05) is 0 Å². The van der Waals surface area contributed by atoms with Crippen molar-refractivity contribution in [3.8, 4) is 17.6 Å². The van der Waals surface area contributed by atoms with Crippen molar-refractivity contribution in [2.75, 3.05) is 7.11 Å². The number of nitrogens with zero attached hydrogens (tertiary/aromatic N) is 1. The molecule has 5 nitrogen and oxygen atoms in total. The Morgan fingerprint density at radius 3 is 2.48 bits per heavy atom. The molecule has 0 heterocycles.